The first-order valence-electron chi connectivity index (χ1n) is 4.65. The van der Waals surface area contributed by atoms with Crippen molar-refractivity contribution in [2.24, 2.45) is 0 Å². The lowest BCUT2D eigenvalue weighted by Crippen LogP contribution is -2.40. The summed E-state index contributed by atoms with van der Waals surface area (Å²) in [6, 6.07) is 4.63. The SMILES string of the molecule is O=C(O)C[C@@H]1Nc2cc(Br)ccc2NC1=O. The highest BCUT2D eigenvalue weighted by Gasteiger charge is 2.27. The lowest BCUT2D eigenvalue weighted by molar-refractivity contribution is -0.138. The Balaban J connectivity index is 2.26. The number of fused-ring (bicyclic) bond motifs is 1. The number of nitrogens with one attached hydrogen (secondary N) is 2. The third-order valence-electron chi connectivity index (χ3n) is 2.26. The summed E-state index contributed by atoms with van der Waals surface area (Å²) in [5.74, 6) is -1.33. The topological polar surface area (TPSA) is 78.4 Å². The molecule has 84 valence electrons. The van der Waals surface area contributed by atoms with Crippen molar-refractivity contribution in [3.05, 3.63) is 22.7 Å². The third-order valence-corrected chi connectivity index (χ3v) is 2.76. The van der Waals surface area contributed by atoms with Crippen LogP contribution >= 0.6 is 15.9 Å². The second-order valence-electron chi connectivity index (χ2n) is 3.47. The van der Waals surface area contributed by atoms with E-state index in [4.69, 9.17) is 5.11 Å². The van der Waals surface area contributed by atoms with Crippen LogP contribution in [0.25, 0.3) is 0 Å². The number of anilines is 2. The van der Waals surface area contributed by atoms with Gasteiger partial charge in [0, 0.05) is 4.47 Å². The van der Waals surface area contributed by atoms with Crippen LogP contribution in [0.3, 0.4) is 0 Å². The summed E-state index contributed by atoms with van der Waals surface area (Å²) in [5.41, 5.74) is 1.38. The summed E-state index contributed by atoms with van der Waals surface area (Å²) in [6.45, 7) is 0. The van der Waals surface area contributed by atoms with Crippen LogP contribution in [0, 0.1) is 0 Å². The molecule has 1 aromatic rings. The van der Waals surface area contributed by atoms with E-state index in [-0.39, 0.29) is 12.3 Å². The van der Waals surface area contributed by atoms with Gasteiger partial charge < -0.3 is 15.7 Å². The lowest BCUT2D eigenvalue weighted by Gasteiger charge is -2.25. The van der Waals surface area contributed by atoms with E-state index >= 15 is 0 Å². The Labute approximate surface area is 100.0 Å². The van der Waals surface area contributed by atoms with E-state index in [2.05, 4.69) is 26.6 Å². The molecule has 1 amide bonds. The number of rotatable bonds is 2. The first-order chi connectivity index (χ1) is 7.56. The Hall–Kier alpha value is -1.56. The number of carbonyl (C=O) groups excluding carboxylic acids is 1. The normalized spacial score (nSPS) is 18.3. The predicted octanol–water partition coefficient (Wildman–Crippen LogP) is 1.66. The van der Waals surface area contributed by atoms with Crippen LogP contribution in [-0.4, -0.2) is 23.0 Å². The molecular weight excluding hydrogens is 276 g/mol. The van der Waals surface area contributed by atoms with Crippen LogP contribution < -0.4 is 10.6 Å². The molecule has 0 radical (unpaired) electrons. The maximum absolute atomic E-state index is 11.5. The maximum Gasteiger partial charge on any atom is 0.305 e. The van der Waals surface area contributed by atoms with Crippen molar-refractivity contribution in [2.45, 2.75) is 12.5 Å². The first kappa shape index (κ1) is 10.9. The molecule has 1 aliphatic heterocycles. The maximum atomic E-state index is 11.5. The molecule has 0 aromatic heterocycles. The summed E-state index contributed by atoms with van der Waals surface area (Å²) in [4.78, 5) is 22.1. The van der Waals surface area contributed by atoms with Crippen molar-refractivity contribution in [1.29, 1.82) is 0 Å². The van der Waals surface area contributed by atoms with Crippen molar-refractivity contribution >= 4 is 39.2 Å². The van der Waals surface area contributed by atoms with Gasteiger partial charge in [-0.3, -0.25) is 9.59 Å². The average Bonchev–Trinajstić information content (AvgIpc) is 2.19. The largest absolute Gasteiger partial charge is 0.481 e. The van der Waals surface area contributed by atoms with Gasteiger partial charge in [0.15, 0.2) is 0 Å². The van der Waals surface area contributed by atoms with E-state index in [9.17, 15) is 9.59 Å². The van der Waals surface area contributed by atoms with Crippen LogP contribution in [0.5, 0.6) is 0 Å². The molecule has 3 N–H and O–H groups in total. The molecule has 6 heteroatoms. The zero-order valence-electron chi connectivity index (χ0n) is 8.16. The molecule has 0 saturated carbocycles. The first-order valence-corrected chi connectivity index (χ1v) is 5.44. The zero-order chi connectivity index (χ0) is 11.7. The molecule has 0 bridgehead atoms. The number of carboxylic acids is 1. The number of hydrogen-bond acceptors (Lipinski definition) is 3. The lowest BCUT2D eigenvalue weighted by atomic mass is 10.1. The van der Waals surface area contributed by atoms with Crippen molar-refractivity contribution < 1.29 is 14.7 Å². The van der Waals surface area contributed by atoms with Gasteiger partial charge in [0.25, 0.3) is 0 Å². The summed E-state index contributed by atoms with van der Waals surface area (Å²) >= 11 is 3.31. The number of amides is 1. The van der Waals surface area contributed by atoms with Crippen molar-refractivity contribution in [3.8, 4) is 0 Å². The number of carboxylic acid groups (broad SMARTS) is 1. The minimum atomic E-state index is -1.01. The fourth-order valence-corrected chi connectivity index (χ4v) is 1.90. The third kappa shape index (κ3) is 2.16. The molecule has 2 rings (SSSR count). The molecule has 16 heavy (non-hydrogen) atoms. The predicted molar refractivity (Wildman–Crippen MR) is 62.4 cm³/mol. The number of hydrogen-bond donors (Lipinski definition) is 3. The van der Waals surface area contributed by atoms with Crippen molar-refractivity contribution in [3.63, 3.8) is 0 Å². The van der Waals surface area contributed by atoms with Crippen molar-refractivity contribution in [1.82, 2.24) is 0 Å². The average molecular weight is 285 g/mol. The second kappa shape index (κ2) is 4.13. The molecule has 0 fully saturated rings. The molecule has 1 heterocycles. The zero-order valence-corrected chi connectivity index (χ0v) is 9.74. The van der Waals surface area contributed by atoms with E-state index in [1.165, 1.54) is 0 Å². The van der Waals surface area contributed by atoms with E-state index in [1.54, 1.807) is 18.2 Å². The Morgan fingerprint density at radius 3 is 2.88 bits per heavy atom. The van der Waals surface area contributed by atoms with Gasteiger partial charge >= 0.3 is 5.97 Å². The number of carbonyl (C=O) groups is 2. The monoisotopic (exact) mass is 284 g/mol. The van der Waals surface area contributed by atoms with Crippen LogP contribution in [0.1, 0.15) is 6.42 Å². The molecule has 0 spiro atoms. The molecule has 0 unspecified atom stereocenters. The molecule has 0 aliphatic carbocycles. The minimum absolute atomic E-state index is 0.238. The summed E-state index contributed by atoms with van der Waals surface area (Å²) in [5, 5.41) is 14.2. The minimum Gasteiger partial charge on any atom is -0.481 e. The highest BCUT2D eigenvalue weighted by atomic mass is 79.9. The van der Waals surface area contributed by atoms with Crippen LogP contribution in [-0.2, 0) is 9.59 Å². The van der Waals surface area contributed by atoms with Gasteiger partial charge in [-0.2, -0.15) is 0 Å². The van der Waals surface area contributed by atoms with E-state index < -0.39 is 12.0 Å². The quantitative estimate of drug-likeness (QED) is 0.772. The fourth-order valence-electron chi connectivity index (χ4n) is 1.54. The molecule has 5 nitrogen and oxygen atoms in total. The van der Waals surface area contributed by atoms with E-state index in [0.29, 0.717) is 5.69 Å². The molecule has 1 aromatic carbocycles. The number of aliphatic carboxylic acids is 1. The standard InChI is InChI=1S/C10H9BrN2O3/c11-5-1-2-6-7(3-5)12-8(4-9(14)15)10(16)13-6/h1-3,8,12H,4H2,(H,13,16)(H,14,15)/t8-/m0/s1. The molecule has 0 saturated heterocycles. The highest BCUT2D eigenvalue weighted by Crippen LogP contribution is 2.30. The van der Waals surface area contributed by atoms with Crippen LogP contribution in [0.15, 0.2) is 22.7 Å². The van der Waals surface area contributed by atoms with Gasteiger partial charge in [0.1, 0.15) is 6.04 Å². The Morgan fingerprint density at radius 2 is 2.19 bits per heavy atom. The molecule has 1 aliphatic rings. The van der Waals surface area contributed by atoms with Gasteiger partial charge in [-0.05, 0) is 18.2 Å². The van der Waals surface area contributed by atoms with E-state index in [1.807, 2.05) is 0 Å². The van der Waals surface area contributed by atoms with Crippen molar-refractivity contribution in [2.75, 3.05) is 10.6 Å². The highest BCUT2D eigenvalue weighted by molar-refractivity contribution is 9.10. The van der Waals surface area contributed by atoms with Gasteiger partial charge in [-0.25, -0.2) is 0 Å². The Morgan fingerprint density at radius 1 is 1.44 bits per heavy atom. The second-order valence-corrected chi connectivity index (χ2v) is 4.39. The molecular formula is C10H9BrN2O3. The summed E-state index contributed by atoms with van der Waals surface area (Å²) in [7, 11) is 0. The van der Waals surface area contributed by atoms with Gasteiger partial charge in [0.05, 0.1) is 17.8 Å². The Bertz CT molecular complexity index is 461. The smallest absolute Gasteiger partial charge is 0.305 e. The van der Waals surface area contributed by atoms with Gasteiger partial charge in [-0.15, -0.1) is 0 Å². The van der Waals surface area contributed by atoms with Crippen LogP contribution in [0.2, 0.25) is 0 Å². The van der Waals surface area contributed by atoms with Gasteiger partial charge in [0.2, 0.25) is 5.91 Å². The van der Waals surface area contributed by atoms with E-state index in [0.717, 1.165) is 10.2 Å². The summed E-state index contributed by atoms with van der Waals surface area (Å²) < 4.78 is 0.865. The van der Waals surface area contributed by atoms with Crippen LogP contribution in [0.4, 0.5) is 11.4 Å². The molecule has 1 atom stereocenters. The van der Waals surface area contributed by atoms with Gasteiger partial charge in [-0.1, -0.05) is 15.9 Å². The number of benzene rings is 1. The fraction of sp³-hybridized carbons (Fsp3) is 0.200. The number of halogens is 1. The Kier molecular flexibility index (Phi) is 2.82. The summed E-state index contributed by atoms with van der Waals surface area (Å²) in [6.07, 6.45) is -0.238.